The molecular formula is C24H20N6O4S. The molecular weight excluding hydrogens is 468 g/mol. The third-order valence-electron chi connectivity index (χ3n) is 4.66. The Morgan fingerprint density at radius 1 is 1.06 bits per heavy atom. The number of hydrazone groups is 1. The predicted octanol–water partition coefficient (Wildman–Crippen LogP) is 4.92. The molecule has 4 aromatic rings. The number of esters is 1. The number of hydrogen-bond acceptors (Lipinski definition) is 9. The monoisotopic (exact) mass is 488 g/mol. The molecule has 0 aliphatic rings. The van der Waals surface area contributed by atoms with E-state index in [0.29, 0.717) is 16.7 Å². The molecule has 0 aliphatic heterocycles. The number of ether oxygens (including phenoxy) is 1. The third kappa shape index (κ3) is 5.71. The minimum Gasteiger partial charge on any atom is -0.461 e. The van der Waals surface area contributed by atoms with Gasteiger partial charge in [0.1, 0.15) is 0 Å². The summed E-state index contributed by atoms with van der Waals surface area (Å²) in [5, 5.41) is 24.3. The van der Waals surface area contributed by atoms with Gasteiger partial charge in [-0.25, -0.2) is 4.79 Å². The van der Waals surface area contributed by atoms with Crippen LogP contribution in [0.4, 0.5) is 11.4 Å². The van der Waals surface area contributed by atoms with Crippen molar-refractivity contribution in [3.8, 4) is 17.1 Å². The lowest BCUT2D eigenvalue weighted by Gasteiger charge is -2.11. The van der Waals surface area contributed by atoms with Gasteiger partial charge < -0.3 is 4.74 Å². The summed E-state index contributed by atoms with van der Waals surface area (Å²) in [6, 6.07) is 24.8. The van der Waals surface area contributed by atoms with Crippen LogP contribution in [-0.4, -0.2) is 37.3 Å². The Kier molecular flexibility index (Phi) is 7.48. The summed E-state index contributed by atoms with van der Waals surface area (Å²) >= 11 is 0.972. The number of nitro benzene ring substituents is 1. The van der Waals surface area contributed by atoms with Crippen LogP contribution in [0.2, 0.25) is 0 Å². The lowest BCUT2D eigenvalue weighted by molar-refractivity contribution is -0.384. The van der Waals surface area contributed by atoms with Crippen molar-refractivity contribution in [1.82, 2.24) is 14.8 Å². The highest BCUT2D eigenvalue weighted by Crippen LogP contribution is 2.29. The summed E-state index contributed by atoms with van der Waals surface area (Å²) in [6.07, 6.45) is 0. The quantitative estimate of drug-likeness (QED) is 0.0970. The number of non-ortho nitro benzene ring substituents is 1. The smallest absolute Gasteiger partial charge is 0.365 e. The Morgan fingerprint density at radius 2 is 1.77 bits per heavy atom. The molecule has 3 aromatic carbocycles. The number of thioether (sulfide) groups is 1. The number of rotatable bonds is 7. The van der Waals surface area contributed by atoms with Gasteiger partial charge >= 0.3 is 5.97 Å². The lowest BCUT2D eigenvalue weighted by atomic mass is 10.2. The molecule has 0 saturated heterocycles. The summed E-state index contributed by atoms with van der Waals surface area (Å²) in [6.45, 7) is 1.84. The summed E-state index contributed by atoms with van der Waals surface area (Å²) in [5.74, 6) is -0.0755. The minimum absolute atomic E-state index is 0.0393. The van der Waals surface area contributed by atoms with Crippen molar-refractivity contribution in [3.63, 3.8) is 0 Å². The zero-order chi connectivity index (χ0) is 24.6. The van der Waals surface area contributed by atoms with Gasteiger partial charge in [0.05, 0.1) is 17.2 Å². The highest BCUT2D eigenvalue weighted by Gasteiger charge is 2.22. The van der Waals surface area contributed by atoms with Crippen molar-refractivity contribution < 1.29 is 14.5 Å². The van der Waals surface area contributed by atoms with E-state index in [0.717, 1.165) is 23.0 Å². The van der Waals surface area contributed by atoms with Crippen molar-refractivity contribution in [3.05, 3.63) is 95.0 Å². The number of nitrogens with zero attached hydrogens (tertiary/aromatic N) is 5. The first-order valence-corrected chi connectivity index (χ1v) is 11.4. The van der Waals surface area contributed by atoms with E-state index in [9.17, 15) is 14.9 Å². The molecule has 0 spiro atoms. The molecule has 0 aliphatic carbocycles. The molecule has 0 bridgehead atoms. The number of carbonyl (C=O) groups excluding carboxylic acids is 1. The van der Waals surface area contributed by atoms with E-state index in [1.165, 1.54) is 18.2 Å². The fourth-order valence-corrected chi connectivity index (χ4v) is 3.89. The molecule has 0 amide bonds. The molecule has 35 heavy (non-hydrogen) atoms. The van der Waals surface area contributed by atoms with Gasteiger partial charge in [-0.2, -0.15) is 5.10 Å². The van der Waals surface area contributed by atoms with Gasteiger partial charge in [0.2, 0.25) is 10.2 Å². The highest BCUT2D eigenvalue weighted by atomic mass is 32.2. The number of aromatic nitrogens is 3. The number of nitro groups is 1. The molecule has 1 N–H and O–H groups in total. The van der Waals surface area contributed by atoms with Crippen LogP contribution in [0.3, 0.4) is 0 Å². The number of benzene rings is 3. The first-order valence-electron chi connectivity index (χ1n) is 10.6. The van der Waals surface area contributed by atoms with E-state index in [1.807, 2.05) is 65.2 Å². The summed E-state index contributed by atoms with van der Waals surface area (Å²) in [4.78, 5) is 23.2. The van der Waals surface area contributed by atoms with Crippen LogP contribution < -0.4 is 5.43 Å². The van der Waals surface area contributed by atoms with Crippen LogP contribution in [0.25, 0.3) is 17.1 Å². The van der Waals surface area contributed by atoms with Crippen LogP contribution >= 0.6 is 11.8 Å². The molecule has 4 rings (SSSR count). The Labute approximate surface area is 204 Å². The van der Waals surface area contributed by atoms with Crippen LogP contribution in [0.1, 0.15) is 6.92 Å². The van der Waals surface area contributed by atoms with Crippen LogP contribution in [0.15, 0.2) is 95.2 Å². The maximum absolute atomic E-state index is 12.7. The average molecular weight is 489 g/mol. The topological polar surface area (TPSA) is 125 Å². The molecule has 0 saturated carbocycles. The standard InChI is InChI=1S/C24H20N6O4S/c1-2-34-23(31)22(27-25-18-12-9-15-20(16-18)30(32)33)35-24-28-26-21(17-10-5-3-6-11-17)29(24)19-13-7-4-8-14-19/h3-16,25H,2H2,1H3. The van der Waals surface area contributed by atoms with Crippen LogP contribution in [0, 0.1) is 10.1 Å². The van der Waals surface area contributed by atoms with Crippen LogP contribution in [-0.2, 0) is 9.53 Å². The Bertz CT molecular complexity index is 1360. The van der Waals surface area contributed by atoms with Gasteiger partial charge in [0.25, 0.3) is 5.69 Å². The van der Waals surface area contributed by atoms with Crippen molar-refractivity contribution in [1.29, 1.82) is 0 Å². The van der Waals surface area contributed by atoms with E-state index in [-0.39, 0.29) is 17.3 Å². The maximum atomic E-state index is 12.7. The van der Waals surface area contributed by atoms with Gasteiger partial charge in [-0.05, 0) is 36.9 Å². The van der Waals surface area contributed by atoms with E-state index < -0.39 is 10.9 Å². The first kappa shape index (κ1) is 23.6. The third-order valence-corrected chi connectivity index (χ3v) is 5.56. The lowest BCUT2D eigenvalue weighted by Crippen LogP contribution is -2.17. The molecule has 11 heteroatoms. The molecule has 176 valence electrons. The molecule has 0 radical (unpaired) electrons. The van der Waals surface area contributed by atoms with Crippen molar-refractivity contribution in [2.24, 2.45) is 5.10 Å². The van der Waals surface area contributed by atoms with Crippen molar-refractivity contribution in [2.45, 2.75) is 12.1 Å². The highest BCUT2D eigenvalue weighted by molar-refractivity contribution is 8.15. The van der Waals surface area contributed by atoms with E-state index in [2.05, 4.69) is 20.7 Å². The summed E-state index contributed by atoms with van der Waals surface area (Å²) in [7, 11) is 0. The maximum Gasteiger partial charge on any atom is 0.365 e. The van der Waals surface area contributed by atoms with E-state index in [1.54, 1.807) is 13.0 Å². The fourth-order valence-electron chi connectivity index (χ4n) is 3.11. The fraction of sp³-hybridized carbons (Fsp3) is 0.0833. The first-order chi connectivity index (χ1) is 17.1. The second-order valence-electron chi connectivity index (χ2n) is 7.00. The van der Waals surface area contributed by atoms with Gasteiger partial charge in [-0.3, -0.25) is 20.1 Å². The zero-order valence-electron chi connectivity index (χ0n) is 18.6. The number of hydrogen-bond donors (Lipinski definition) is 1. The van der Waals surface area contributed by atoms with Crippen molar-refractivity contribution >= 4 is 34.1 Å². The second-order valence-corrected chi connectivity index (χ2v) is 7.96. The van der Waals surface area contributed by atoms with E-state index in [4.69, 9.17) is 4.74 Å². The van der Waals surface area contributed by atoms with Gasteiger partial charge in [-0.1, -0.05) is 54.6 Å². The van der Waals surface area contributed by atoms with Gasteiger partial charge in [-0.15, -0.1) is 10.2 Å². The molecule has 0 unspecified atom stereocenters. The number of nitrogens with one attached hydrogen (secondary N) is 1. The molecule has 10 nitrogen and oxygen atoms in total. The van der Waals surface area contributed by atoms with E-state index >= 15 is 0 Å². The Hall–Kier alpha value is -4.51. The molecule has 0 fully saturated rings. The van der Waals surface area contributed by atoms with Crippen LogP contribution in [0.5, 0.6) is 0 Å². The Balaban J connectivity index is 1.72. The number of carbonyl (C=O) groups is 1. The van der Waals surface area contributed by atoms with Gasteiger partial charge in [0.15, 0.2) is 5.82 Å². The molecule has 0 atom stereocenters. The average Bonchev–Trinajstić information content (AvgIpc) is 3.31. The number of para-hydroxylation sites is 1. The Morgan fingerprint density at radius 3 is 2.46 bits per heavy atom. The van der Waals surface area contributed by atoms with Gasteiger partial charge in [0, 0.05) is 23.4 Å². The normalized spacial score (nSPS) is 11.2. The second kappa shape index (κ2) is 11.1. The minimum atomic E-state index is -0.667. The summed E-state index contributed by atoms with van der Waals surface area (Å²) < 4.78 is 6.99. The molecule has 1 heterocycles. The zero-order valence-corrected chi connectivity index (χ0v) is 19.4. The largest absolute Gasteiger partial charge is 0.461 e. The molecule has 1 aromatic heterocycles. The number of anilines is 1. The predicted molar refractivity (Wildman–Crippen MR) is 133 cm³/mol. The van der Waals surface area contributed by atoms with Crippen molar-refractivity contribution in [2.75, 3.05) is 12.0 Å². The summed E-state index contributed by atoms with van der Waals surface area (Å²) in [5.41, 5.74) is 4.59. The SMILES string of the molecule is CCOC(=O)C(=NNc1cccc([N+](=O)[O-])c1)Sc1nnc(-c2ccccc2)n1-c1ccccc1.